The molecular formula is C21H20N2O4S. The highest BCUT2D eigenvalue weighted by molar-refractivity contribution is 7.16. The van der Waals surface area contributed by atoms with Crippen LogP contribution in [-0.4, -0.2) is 31.3 Å². The highest BCUT2D eigenvalue weighted by atomic mass is 32.1. The second kappa shape index (κ2) is 7.61. The summed E-state index contributed by atoms with van der Waals surface area (Å²) in [5, 5.41) is 0.803. The van der Waals surface area contributed by atoms with E-state index in [1.807, 2.05) is 29.7 Å². The van der Waals surface area contributed by atoms with Gasteiger partial charge < -0.3 is 18.5 Å². The molecule has 0 aliphatic carbocycles. The first-order valence-electron chi connectivity index (χ1n) is 8.85. The van der Waals surface area contributed by atoms with Gasteiger partial charge in [-0.25, -0.2) is 0 Å². The van der Waals surface area contributed by atoms with E-state index in [-0.39, 0.29) is 5.76 Å². The molecule has 0 aliphatic heterocycles. The van der Waals surface area contributed by atoms with Crippen LogP contribution in [0.1, 0.15) is 16.1 Å². The predicted octanol–water partition coefficient (Wildman–Crippen LogP) is 4.15. The number of aromatic nitrogens is 1. The van der Waals surface area contributed by atoms with Crippen LogP contribution in [0.25, 0.3) is 21.2 Å². The van der Waals surface area contributed by atoms with Crippen molar-refractivity contribution >= 4 is 38.4 Å². The van der Waals surface area contributed by atoms with E-state index in [0.29, 0.717) is 29.3 Å². The van der Waals surface area contributed by atoms with Crippen molar-refractivity contribution < 1.29 is 18.7 Å². The van der Waals surface area contributed by atoms with Gasteiger partial charge >= 0.3 is 5.91 Å². The van der Waals surface area contributed by atoms with Crippen molar-refractivity contribution in [1.29, 1.82) is 0 Å². The summed E-state index contributed by atoms with van der Waals surface area (Å²) >= 11 is 1.48. The third-order valence-electron chi connectivity index (χ3n) is 4.49. The van der Waals surface area contributed by atoms with Crippen LogP contribution in [0.5, 0.6) is 5.75 Å². The van der Waals surface area contributed by atoms with Crippen molar-refractivity contribution in [1.82, 2.24) is 4.57 Å². The van der Waals surface area contributed by atoms with Crippen LogP contribution < -0.4 is 9.54 Å². The second-order valence-electron chi connectivity index (χ2n) is 6.41. The lowest BCUT2D eigenvalue weighted by Crippen LogP contribution is -2.19. The van der Waals surface area contributed by atoms with Crippen LogP contribution in [0.15, 0.2) is 51.9 Å². The molecule has 0 unspecified atom stereocenters. The number of amides is 1. The third kappa shape index (κ3) is 3.34. The Morgan fingerprint density at radius 3 is 2.86 bits per heavy atom. The number of thiazole rings is 1. The van der Waals surface area contributed by atoms with Crippen LogP contribution in [0.4, 0.5) is 0 Å². The summed E-state index contributed by atoms with van der Waals surface area (Å²) in [6.07, 6.45) is 0. The summed E-state index contributed by atoms with van der Waals surface area (Å²) < 4.78 is 19.3. The highest BCUT2D eigenvalue weighted by Crippen LogP contribution is 2.28. The highest BCUT2D eigenvalue weighted by Gasteiger charge is 2.15. The first-order valence-corrected chi connectivity index (χ1v) is 9.67. The molecule has 6 nitrogen and oxygen atoms in total. The summed E-state index contributed by atoms with van der Waals surface area (Å²) in [5.41, 5.74) is 2.74. The van der Waals surface area contributed by atoms with E-state index in [0.717, 1.165) is 21.2 Å². The number of hydrogen-bond acceptors (Lipinski definition) is 5. The molecule has 144 valence electrons. The Morgan fingerprint density at radius 1 is 1.21 bits per heavy atom. The minimum atomic E-state index is -0.423. The van der Waals surface area contributed by atoms with Crippen molar-refractivity contribution in [3.8, 4) is 5.75 Å². The zero-order chi connectivity index (χ0) is 19.7. The first kappa shape index (κ1) is 18.5. The van der Waals surface area contributed by atoms with Gasteiger partial charge in [-0.1, -0.05) is 29.5 Å². The van der Waals surface area contributed by atoms with Crippen molar-refractivity contribution in [2.75, 3.05) is 20.8 Å². The Balaban J connectivity index is 1.81. The molecule has 0 atom stereocenters. The number of hydrogen-bond donors (Lipinski definition) is 0. The van der Waals surface area contributed by atoms with E-state index < -0.39 is 5.91 Å². The van der Waals surface area contributed by atoms with Gasteiger partial charge in [0.05, 0.1) is 23.9 Å². The molecule has 0 aliphatic rings. The number of benzene rings is 2. The van der Waals surface area contributed by atoms with Gasteiger partial charge in [0, 0.05) is 19.0 Å². The number of carbonyl (C=O) groups is 1. The van der Waals surface area contributed by atoms with Gasteiger partial charge in [-0.3, -0.25) is 4.79 Å². The number of carbonyl (C=O) groups excluding carboxylic acids is 1. The normalized spacial score (nSPS) is 12.2. The second-order valence-corrected chi connectivity index (χ2v) is 7.42. The van der Waals surface area contributed by atoms with E-state index in [1.54, 1.807) is 26.4 Å². The van der Waals surface area contributed by atoms with E-state index >= 15 is 0 Å². The molecule has 7 heteroatoms. The van der Waals surface area contributed by atoms with Crippen molar-refractivity contribution in [3.05, 3.63) is 58.6 Å². The number of ether oxygens (including phenoxy) is 2. The molecule has 0 fully saturated rings. The fraction of sp³-hybridized carbons (Fsp3) is 0.238. The SMILES string of the molecule is COCCn1c(=NC(=O)c2cc3cccc(OC)c3o2)sc2cc(C)ccc21. The van der Waals surface area contributed by atoms with Gasteiger partial charge in [-0.05, 0) is 36.8 Å². The maximum Gasteiger partial charge on any atom is 0.315 e. The largest absolute Gasteiger partial charge is 0.493 e. The first-order chi connectivity index (χ1) is 13.6. The zero-order valence-corrected chi connectivity index (χ0v) is 16.7. The Morgan fingerprint density at radius 2 is 2.07 bits per heavy atom. The monoisotopic (exact) mass is 396 g/mol. The van der Waals surface area contributed by atoms with Gasteiger partial charge in [0.25, 0.3) is 0 Å². The fourth-order valence-corrected chi connectivity index (χ4v) is 4.26. The molecule has 4 aromatic rings. The van der Waals surface area contributed by atoms with E-state index in [9.17, 15) is 4.79 Å². The van der Waals surface area contributed by atoms with Gasteiger partial charge in [-0.15, -0.1) is 0 Å². The third-order valence-corrected chi connectivity index (χ3v) is 5.53. The van der Waals surface area contributed by atoms with Crippen LogP contribution >= 0.6 is 11.3 Å². The quantitative estimate of drug-likeness (QED) is 0.508. The maximum absolute atomic E-state index is 12.8. The number of furan rings is 1. The average molecular weight is 396 g/mol. The number of aryl methyl sites for hydroxylation is 1. The van der Waals surface area contributed by atoms with Crippen LogP contribution in [0, 0.1) is 6.92 Å². The van der Waals surface area contributed by atoms with Crippen LogP contribution in [-0.2, 0) is 11.3 Å². The number of fused-ring (bicyclic) bond motifs is 2. The van der Waals surface area contributed by atoms with E-state index in [2.05, 4.69) is 17.1 Å². The lowest BCUT2D eigenvalue weighted by Gasteiger charge is -2.04. The van der Waals surface area contributed by atoms with Crippen molar-refractivity contribution in [2.45, 2.75) is 13.5 Å². The zero-order valence-electron chi connectivity index (χ0n) is 15.9. The molecule has 2 heterocycles. The van der Waals surface area contributed by atoms with Gasteiger partial charge in [0.15, 0.2) is 21.9 Å². The standard InChI is InChI=1S/C21H20N2O4S/c1-13-7-8-15-18(11-13)28-21(23(15)9-10-25-2)22-20(24)17-12-14-5-4-6-16(26-3)19(14)27-17/h4-8,11-12H,9-10H2,1-3H3. The molecule has 1 amide bonds. The molecular weight excluding hydrogens is 376 g/mol. The van der Waals surface area contributed by atoms with E-state index in [1.165, 1.54) is 11.3 Å². The molecule has 0 radical (unpaired) electrons. The maximum atomic E-state index is 12.8. The topological polar surface area (TPSA) is 66.0 Å². The average Bonchev–Trinajstić information content (AvgIpc) is 3.27. The minimum Gasteiger partial charge on any atom is -0.493 e. The van der Waals surface area contributed by atoms with Gasteiger partial charge in [0.2, 0.25) is 0 Å². The fourth-order valence-electron chi connectivity index (χ4n) is 3.11. The summed E-state index contributed by atoms with van der Waals surface area (Å²) in [4.78, 5) is 17.8. The molecule has 0 N–H and O–H groups in total. The number of para-hydroxylation sites is 1. The number of nitrogens with zero attached hydrogens (tertiary/aromatic N) is 2. The Hall–Kier alpha value is -2.90. The van der Waals surface area contributed by atoms with Gasteiger partial charge in [-0.2, -0.15) is 4.99 Å². The molecule has 0 bridgehead atoms. The van der Waals surface area contributed by atoms with Crippen molar-refractivity contribution in [3.63, 3.8) is 0 Å². The predicted molar refractivity (Wildman–Crippen MR) is 109 cm³/mol. The smallest absolute Gasteiger partial charge is 0.315 e. The molecule has 0 saturated heterocycles. The lowest BCUT2D eigenvalue weighted by atomic mass is 10.2. The molecule has 4 rings (SSSR count). The Bertz CT molecular complexity index is 1230. The summed E-state index contributed by atoms with van der Waals surface area (Å²) in [7, 11) is 3.23. The van der Waals surface area contributed by atoms with E-state index in [4.69, 9.17) is 13.9 Å². The molecule has 0 spiro atoms. The molecule has 2 aromatic carbocycles. The van der Waals surface area contributed by atoms with Crippen molar-refractivity contribution in [2.24, 2.45) is 4.99 Å². The Kier molecular flexibility index (Phi) is 5.02. The van der Waals surface area contributed by atoms with Gasteiger partial charge in [0.1, 0.15) is 0 Å². The van der Waals surface area contributed by atoms with Crippen LogP contribution in [0.2, 0.25) is 0 Å². The molecule has 2 aromatic heterocycles. The minimum absolute atomic E-state index is 0.187. The number of rotatable bonds is 5. The lowest BCUT2D eigenvalue weighted by molar-refractivity contribution is 0.0973. The summed E-state index contributed by atoms with van der Waals surface area (Å²) in [6.45, 7) is 3.19. The molecule has 28 heavy (non-hydrogen) atoms. The van der Waals surface area contributed by atoms with Crippen LogP contribution in [0.3, 0.4) is 0 Å². The number of methoxy groups -OCH3 is 2. The summed E-state index contributed by atoms with van der Waals surface area (Å²) in [6, 6.07) is 13.4. The Labute approximate surface area is 165 Å². The summed E-state index contributed by atoms with van der Waals surface area (Å²) in [5.74, 6) is 0.350. The molecule has 0 saturated carbocycles.